The molecule has 0 radical (unpaired) electrons. The van der Waals surface area contributed by atoms with Crippen molar-refractivity contribution in [2.45, 2.75) is 94.7 Å². The van der Waals surface area contributed by atoms with Crippen molar-refractivity contribution in [3.63, 3.8) is 0 Å². The maximum atomic E-state index is 6.85. The monoisotopic (exact) mass is 514 g/mol. The minimum absolute atomic E-state index is 0.140. The van der Waals surface area contributed by atoms with Crippen molar-refractivity contribution < 1.29 is 23.7 Å². The summed E-state index contributed by atoms with van der Waals surface area (Å²) in [5.41, 5.74) is 3.43. The second-order valence-electron chi connectivity index (χ2n) is 10.8. The van der Waals surface area contributed by atoms with Crippen LogP contribution in [-0.2, 0) is 43.5 Å². The Morgan fingerprint density at radius 3 is 1.58 bits per heavy atom. The lowest BCUT2D eigenvalue weighted by molar-refractivity contribution is -0.209. The van der Waals surface area contributed by atoms with E-state index in [4.69, 9.17) is 23.7 Å². The van der Waals surface area contributed by atoms with Crippen molar-refractivity contribution in [2.24, 2.45) is 0 Å². The zero-order chi connectivity index (χ0) is 25.6. The SMILES string of the molecule is c1ccc(CO[C@@H]2[C@H]3OC4(CCCCC4)O[C@H]3[C@H](OCc3ccccc3)C[C@@H]2OCc2ccccc2)cc1. The van der Waals surface area contributed by atoms with Crippen LogP contribution in [0, 0.1) is 0 Å². The summed E-state index contributed by atoms with van der Waals surface area (Å²) in [7, 11) is 0. The highest BCUT2D eigenvalue weighted by Crippen LogP contribution is 2.47. The molecule has 5 heteroatoms. The average molecular weight is 515 g/mol. The fraction of sp³-hybridized carbons (Fsp3) is 0.455. The number of ether oxygens (including phenoxy) is 5. The molecule has 3 aromatic rings. The molecule has 0 amide bonds. The van der Waals surface area contributed by atoms with E-state index in [2.05, 4.69) is 36.4 Å². The average Bonchev–Trinajstić information content (AvgIpc) is 3.34. The minimum atomic E-state index is -0.537. The first kappa shape index (κ1) is 25.7. The van der Waals surface area contributed by atoms with Crippen LogP contribution in [-0.4, -0.2) is 36.3 Å². The van der Waals surface area contributed by atoms with Crippen LogP contribution < -0.4 is 0 Å². The molecule has 1 heterocycles. The Kier molecular flexibility index (Phi) is 8.19. The molecule has 5 atom stereocenters. The van der Waals surface area contributed by atoms with Crippen molar-refractivity contribution in [1.29, 1.82) is 0 Å². The summed E-state index contributed by atoms with van der Waals surface area (Å²) < 4.78 is 33.5. The highest BCUT2D eigenvalue weighted by atomic mass is 16.8. The van der Waals surface area contributed by atoms with E-state index in [9.17, 15) is 0 Å². The van der Waals surface area contributed by atoms with Crippen molar-refractivity contribution in [3.05, 3.63) is 108 Å². The number of hydrogen-bond donors (Lipinski definition) is 0. The molecule has 1 aliphatic heterocycles. The molecule has 38 heavy (non-hydrogen) atoms. The van der Waals surface area contributed by atoms with Gasteiger partial charge in [0.05, 0.1) is 32.0 Å². The van der Waals surface area contributed by atoms with Crippen LogP contribution in [0.1, 0.15) is 55.2 Å². The highest BCUT2D eigenvalue weighted by molar-refractivity contribution is 5.16. The Bertz CT molecular complexity index is 1120. The summed E-state index contributed by atoms with van der Waals surface area (Å²) in [5.74, 6) is -0.537. The molecule has 0 N–H and O–H groups in total. The first-order valence-electron chi connectivity index (χ1n) is 14.1. The summed E-state index contributed by atoms with van der Waals surface area (Å²) in [6.07, 6.45) is 5.02. The number of rotatable bonds is 9. The molecular weight excluding hydrogens is 476 g/mol. The van der Waals surface area contributed by atoms with Gasteiger partial charge in [0.2, 0.25) is 0 Å². The van der Waals surface area contributed by atoms with Gasteiger partial charge in [-0.3, -0.25) is 0 Å². The minimum Gasteiger partial charge on any atom is -0.371 e. The third-order valence-electron chi connectivity index (χ3n) is 8.06. The van der Waals surface area contributed by atoms with E-state index in [1.807, 2.05) is 54.6 Å². The van der Waals surface area contributed by atoms with Crippen LogP contribution in [0.3, 0.4) is 0 Å². The zero-order valence-corrected chi connectivity index (χ0v) is 22.0. The zero-order valence-electron chi connectivity index (χ0n) is 22.0. The molecule has 3 fully saturated rings. The van der Waals surface area contributed by atoms with Crippen molar-refractivity contribution in [1.82, 2.24) is 0 Å². The van der Waals surface area contributed by atoms with Gasteiger partial charge in [-0.2, -0.15) is 0 Å². The van der Waals surface area contributed by atoms with Gasteiger partial charge >= 0.3 is 0 Å². The van der Waals surface area contributed by atoms with Crippen LogP contribution in [0.15, 0.2) is 91.0 Å². The van der Waals surface area contributed by atoms with E-state index in [0.717, 1.165) is 42.4 Å². The van der Waals surface area contributed by atoms with Crippen LogP contribution >= 0.6 is 0 Å². The van der Waals surface area contributed by atoms with E-state index in [1.165, 1.54) is 6.42 Å². The predicted octanol–water partition coefficient (Wildman–Crippen LogP) is 6.59. The van der Waals surface area contributed by atoms with E-state index < -0.39 is 5.79 Å². The molecule has 1 spiro atoms. The van der Waals surface area contributed by atoms with Gasteiger partial charge in [0.15, 0.2) is 5.79 Å². The van der Waals surface area contributed by atoms with Gasteiger partial charge in [-0.15, -0.1) is 0 Å². The fourth-order valence-electron chi connectivity index (χ4n) is 6.08. The molecule has 3 aromatic carbocycles. The van der Waals surface area contributed by atoms with E-state index in [1.54, 1.807) is 0 Å². The molecule has 5 nitrogen and oxygen atoms in total. The van der Waals surface area contributed by atoms with Crippen molar-refractivity contribution in [2.75, 3.05) is 0 Å². The summed E-state index contributed by atoms with van der Waals surface area (Å²) in [6, 6.07) is 31.0. The Hall–Kier alpha value is -2.54. The van der Waals surface area contributed by atoms with Gasteiger partial charge in [-0.05, 0) is 29.5 Å². The number of benzene rings is 3. The standard InChI is InChI=1S/C33H38O5/c1-5-13-25(14-6-1)22-34-28-21-29(35-23-26-15-7-2-8-16-26)31-32(38-33(37-31)19-11-4-12-20-33)30(28)36-24-27-17-9-3-10-18-27/h1-3,5-10,13-18,28-32H,4,11-12,19-24H2/t28-,29+,30-,31-,32+/m0/s1. The third kappa shape index (κ3) is 6.03. The first-order chi connectivity index (χ1) is 18.8. The number of fused-ring (bicyclic) bond motifs is 1. The third-order valence-corrected chi connectivity index (χ3v) is 8.06. The van der Waals surface area contributed by atoms with Crippen LogP contribution in [0.4, 0.5) is 0 Å². The molecular formula is C33H38O5. The summed E-state index contributed by atoms with van der Waals surface area (Å²) >= 11 is 0. The van der Waals surface area contributed by atoms with Crippen LogP contribution in [0.25, 0.3) is 0 Å². The lowest BCUT2D eigenvalue weighted by atomic mass is 9.86. The van der Waals surface area contributed by atoms with Gasteiger partial charge in [-0.25, -0.2) is 0 Å². The van der Waals surface area contributed by atoms with Gasteiger partial charge in [-0.1, -0.05) is 97.4 Å². The predicted molar refractivity (Wildman–Crippen MR) is 145 cm³/mol. The molecule has 0 aromatic heterocycles. The lowest BCUT2D eigenvalue weighted by Gasteiger charge is -2.41. The Balaban J connectivity index is 1.25. The normalized spacial score (nSPS) is 28.3. The summed E-state index contributed by atoms with van der Waals surface area (Å²) in [6.45, 7) is 1.56. The Morgan fingerprint density at radius 1 is 0.553 bits per heavy atom. The van der Waals surface area contributed by atoms with Crippen LogP contribution in [0.2, 0.25) is 0 Å². The van der Waals surface area contributed by atoms with Crippen molar-refractivity contribution in [3.8, 4) is 0 Å². The second-order valence-corrected chi connectivity index (χ2v) is 10.8. The molecule has 200 valence electrons. The van der Waals surface area contributed by atoms with E-state index in [-0.39, 0.29) is 30.5 Å². The van der Waals surface area contributed by atoms with Crippen LogP contribution in [0.5, 0.6) is 0 Å². The maximum Gasteiger partial charge on any atom is 0.169 e. The second kappa shape index (κ2) is 12.1. The molecule has 6 rings (SSSR count). The molecule has 2 aliphatic carbocycles. The smallest absolute Gasteiger partial charge is 0.169 e. The summed E-state index contributed by atoms with van der Waals surface area (Å²) in [5, 5.41) is 0. The van der Waals surface area contributed by atoms with E-state index >= 15 is 0 Å². The number of hydrogen-bond acceptors (Lipinski definition) is 5. The largest absolute Gasteiger partial charge is 0.371 e. The fourth-order valence-corrected chi connectivity index (χ4v) is 6.08. The van der Waals surface area contributed by atoms with Gasteiger partial charge < -0.3 is 23.7 Å². The topological polar surface area (TPSA) is 46.2 Å². The first-order valence-corrected chi connectivity index (χ1v) is 14.1. The van der Waals surface area contributed by atoms with Gasteiger partial charge in [0, 0.05) is 19.3 Å². The lowest BCUT2D eigenvalue weighted by Crippen LogP contribution is -2.56. The van der Waals surface area contributed by atoms with E-state index in [0.29, 0.717) is 26.2 Å². The molecule has 2 saturated carbocycles. The highest BCUT2D eigenvalue weighted by Gasteiger charge is 2.58. The Morgan fingerprint density at radius 2 is 1.03 bits per heavy atom. The van der Waals surface area contributed by atoms with Crippen molar-refractivity contribution >= 4 is 0 Å². The molecule has 1 saturated heterocycles. The maximum absolute atomic E-state index is 6.85. The molecule has 3 aliphatic rings. The molecule has 0 bridgehead atoms. The molecule has 0 unspecified atom stereocenters. The Labute approximate surface area is 226 Å². The van der Waals surface area contributed by atoms with Gasteiger partial charge in [0.1, 0.15) is 18.3 Å². The van der Waals surface area contributed by atoms with Gasteiger partial charge in [0.25, 0.3) is 0 Å². The quantitative estimate of drug-likeness (QED) is 0.322. The summed E-state index contributed by atoms with van der Waals surface area (Å²) in [4.78, 5) is 0.